The van der Waals surface area contributed by atoms with Gasteiger partial charge in [0.05, 0.1) is 13.2 Å². The number of aryl methyl sites for hydroxylation is 2. The highest BCUT2D eigenvalue weighted by atomic mass is 16.5. The van der Waals surface area contributed by atoms with E-state index < -0.39 is 0 Å². The van der Waals surface area contributed by atoms with Crippen LogP contribution in [0.15, 0.2) is 23.8 Å². The molecule has 3 rings (SSSR count). The summed E-state index contributed by atoms with van der Waals surface area (Å²) in [6.45, 7) is 7.57. The minimum atomic E-state index is 0.100. The van der Waals surface area contributed by atoms with Crippen LogP contribution in [0.5, 0.6) is 0 Å². The number of anilines is 2. The first-order chi connectivity index (χ1) is 11.1. The molecule has 124 valence electrons. The van der Waals surface area contributed by atoms with Crippen molar-refractivity contribution in [2.75, 3.05) is 36.5 Å². The summed E-state index contributed by atoms with van der Waals surface area (Å²) < 4.78 is 5.42. The van der Waals surface area contributed by atoms with Crippen LogP contribution in [0.1, 0.15) is 36.8 Å². The number of ether oxygens (including phenoxy) is 1. The van der Waals surface area contributed by atoms with E-state index in [4.69, 9.17) is 4.74 Å². The summed E-state index contributed by atoms with van der Waals surface area (Å²) in [6, 6.07) is 4.34. The third-order valence-corrected chi connectivity index (χ3v) is 4.68. The molecule has 0 saturated carbocycles. The van der Waals surface area contributed by atoms with Gasteiger partial charge in [-0.25, -0.2) is 0 Å². The lowest BCUT2D eigenvalue weighted by molar-refractivity contribution is -0.115. The van der Waals surface area contributed by atoms with Crippen molar-refractivity contribution in [3.05, 3.63) is 34.9 Å². The molecule has 1 aromatic carbocycles. The molecule has 4 heteroatoms. The highest BCUT2D eigenvalue weighted by Crippen LogP contribution is 2.28. The molecule has 1 fully saturated rings. The number of allylic oxidation sites excluding steroid dienone is 1. The third kappa shape index (κ3) is 3.94. The molecule has 0 atom stereocenters. The van der Waals surface area contributed by atoms with Gasteiger partial charge in [0.1, 0.15) is 0 Å². The SMILES string of the molecule is Cc1cc(N2CCOCC2)cc(C)c1NC(=O)CC1=CCCC1. The first-order valence-electron chi connectivity index (χ1n) is 8.55. The average molecular weight is 314 g/mol. The average Bonchev–Trinajstić information content (AvgIpc) is 3.04. The topological polar surface area (TPSA) is 41.6 Å². The molecule has 1 saturated heterocycles. The predicted octanol–water partition coefficient (Wildman–Crippen LogP) is 3.58. The number of hydrogen-bond acceptors (Lipinski definition) is 3. The standard InChI is InChI=1S/C19H26N2O2/c1-14-11-17(21-7-9-23-10-8-21)12-15(2)19(14)20-18(22)13-16-5-3-4-6-16/h5,11-12H,3-4,6-10,13H2,1-2H3,(H,20,22). The smallest absolute Gasteiger partial charge is 0.228 e. The molecule has 1 heterocycles. The van der Waals surface area contributed by atoms with Crippen molar-refractivity contribution < 1.29 is 9.53 Å². The van der Waals surface area contributed by atoms with Crippen LogP contribution >= 0.6 is 0 Å². The summed E-state index contributed by atoms with van der Waals surface area (Å²) in [5.74, 6) is 0.100. The molecule has 0 bridgehead atoms. The molecule has 1 aromatic rings. The monoisotopic (exact) mass is 314 g/mol. The number of nitrogens with one attached hydrogen (secondary N) is 1. The molecule has 1 aliphatic carbocycles. The maximum atomic E-state index is 12.3. The van der Waals surface area contributed by atoms with E-state index in [1.807, 2.05) is 0 Å². The maximum Gasteiger partial charge on any atom is 0.228 e. The van der Waals surface area contributed by atoms with Gasteiger partial charge >= 0.3 is 0 Å². The van der Waals surface area contributed by atoms with E-state index in [0.29, 0.717) is 6.42 Å². The summed E-state index contributed by atoms with van der Waals surface area (Å²) in [6.07, 6.45) is 6.12. The zero-order chi connectivity index (χ0) is 16.2. The highest BCUT2D eigenvalue weighted by molar-refractivity contribution is 5.94. The van der Waals surface area contributed by atoms with Gasteiger partial charge in [0.2, 0.25) is 5.91 Å². The molecular formula is C19H26N2O2. The van der Waals surface area contributed by atoms with Crippen LogP contribution in [0.25, 0.3) is 0 Å². The van der Waals surface area contributed by atoms with Crippen molar-refractivity contribution in [2.24, 2.45) is 0 Å². The molecule has 4 nitrogen and oxygen atoms in total. The molecule has 1 amide bonds. The fourth-order valence-electron chi connectivity index (χ4n) is 3.43. The number of amides is 1. The Bertz CT molecular complexity index is 593. The van der Waals surface area contributed by atoms with Gasteiger partial charge in [-0.05, 0) is 56.4 Å². The largest absolute Gasteiger partial charge is 0.378 e. The second kappa shape index (κ2) is 7.18. The van der Waals surface area contributed by atoms with E-state index in [0.717, 1.165) is 56.0 Å². The Morgan fingerprint density at radius 1 is 1.22 bits per heavy atom. The number of rotatable bonds is 4. The van der Waals surface area contributed by atoms with Crippen LogP contribution in [0.3, 0.4) is 0 Å². The van der Waals surface area contributed by atoms with E-state index in [2.05, 4.69) is 42.3 Å². The molecular weight excluding hydrogens is 288 g/mol. The molecule has 2 aliphatic rings. The molecule has 0 aromatic heterocycles. The predicted molar refractivity (Wildman–Crippen MR) is 94.1 cm³/mol. The van der Waals surface area contributed by atoms with Crippen molar-refractivity contribution in [1.29, 1.82) is 0 Å². The Labute approximate surface area is 138 Å². The Morgan fingerprint density at radius 3 is 2.52 bits per heavy atom. The Morgan fingerprint density at radius 2 is 1.91 bits per heavy atom. The number of carbonyl (C=O) groups excluding carboxylic acids is 1. The van der Waals surface area contributed by atoms with Gasteiger partial charge in [-0.15, -0.1) is 0 Å². The van der Waals surface area contributed by atoms with E-state index in [-0.39, 0.29) is 5.91 Å². The molecule has 0 unspecified atom stereocenters. The quantitative estimate of drug-likeness (QED) is 0.864. The molecule has 1 aliphatic heterocycles. The normalized spacial score (nSPS) is 18.0. The van der Waals surface area contributed by atoms with Crippen LogP contribution in [0.4, 0.5) is 11.4 Å². The lowest BCUT2D eigenvalue weighted by atomic mass is 10.1. The van der Waals surface area contributed by atoms with Crippen molar-refractivity contribution in [3.8, 4) is 0 Å². The fourth-order valence-corrected chi connectivity index (χ4v) is 3.43. The highest BCUT2D eigenvalue weighted by Gasteiger charge is 2.16. The van der Waals surface area contributed by atoms with Crippen LogP contribution < -0.4 is 10.2 Å². The van der Waals surface area contributed by atoms with E-state index in [9.17, 15) is 4.79 Å². The first-order valence-corrected chi connectivity index (χ1v) is 8.55. The zero-order valence-electron chi connectivity index (χ0n) is 14.2. The Kier molecular flexibility index (Phi) is 5.01. The van der Waals surface area contributed by atoms with Gasteiger partial charge in [0, 0.05) is 30.9 Å². The summed E-state index contributed by atoms with van der Waals surface area (Å²) >= 11 is 0. The second-order valence-corrected chi connectivity index (χ2v) is 6.53. The number of nitrogens with zero attached hydrogens (tertiary/aromatic N) is 1. The minimum absolute atomic E-state index is 0.100. The summed E-state index contributed by atoms with van der Waals surface area (Å²) in [5, 5.41) is 3.11. The van der Waals surface area contributed by atoms with Crippen LogP contribution in [-0.2, 0) is 9.53 Å². The van der Waals surface area contributed by atoms with Crippen molar-refractivity contribution in [2.45, 2.75) is 39.5 Å². The molecule has 0 radical (unpaired) electrons. The minimum Gasteiger partial charge on any atom is -0.378 e. The number of benzene rings is 1. The van der Waals surface area contributed by atoms with Crippen molar-refractivity contribution in [1.82, 2.24) is 0 Å². The lowest BCUT2D eigenvalue weighted by Crippen LogP contribution is -2.36. The van der Waals surface area contributed by atoms with Crippen LogP contribution in [-0.4, -0.2) is 32.2 Å². The zero-order valence-corrected chi connectivity index (χ0v) is 14.2. The maximum absolute atomic E-state index is 12.3. The summed E-state index contributed by atoms with van der Waals surface area (Å²) in [7, 11) is 0. The fraction of sp³-hybridized carbons (Fsp3) is 0.526. The third-order valence-electron chi connectivity index (χ3n) is 4.68. The van der Waals surface area contributed by atoms with E-state index >= 15 is 0 Å². The Balaban J connectivity index is 1.70. The van der Waals surface area contributed by atoms with E-state index in [1.165, 1.54) is 17.7 Å². The van der Waals surface area contributed by atoms with Crippen molar-refractivity contribution >= 4 is 17.3 Å². The lowest BCUT2D eigenvalue weighted by Gasteiger charge is -2.30. The van der Waals surface area contributed by atoms with Gasteiger partial charge in [0.25, 0.3) is 0 Å². The second-order valence-electron chi connectivity index (χ2n) is 6.53. The van der Waals surface area contributed by atoms with E-state index in [1.54, 1.807) is 0 Å². The van der Waals surface area contributed by atoms with Gasteiger partial charge < -0.3 is 15.0 Å². The summed E-state index contributed by atoms with van der Waals surface area (Å²) in [5.41, 5.74) is 5.72. The summed E-state index contributed by atoms with van der Waals surface area (Å²) in [4.78, 5) is 14.6. The first kappa shape index (κ1) is 16.1. The van der Waals surface area contributed by atoms with Crippen LogP contribution in [0.2, 0.25) is 0 Å². The molecule has 23 heavy (non-hydrogen) atoms. The van der Waals surface area contributed by atoms with Gasteiger partial charge in [-0.3, -0.25) is 4.79 Å². The molecule has 0 spiro atoms. The van der Waals surface area contributed by atoms with Gasteiger partial charge in [-0.2, -0.15) is 0 Å². The number of hydrogen-bond donors (Lipinski definition) is 1. The van der Waals surface area contributed by atoms with Gasteiger partial charge in [0.15, 0.2) is 0 Å². The van der Waals surface area contributed by atoms with Gasteiger partial charge in [-0.1, -0.05) is 11.6 Å². The number of morpholine rings is 1. The Hall–Kier alpha value is -1.81. The van der Waals surface area contributed by atoms with Crippen LogP contribution in [0, 0.1) is 13.8 Å². The van der Waals surface area contributed by atoms with Crippen molar-refractivity contribution in [3.63, 3.8) is 0 Å². The number of carbonyl (C=O) groups is 1. The molecule has 1 N–H and O–H groups in total.